The van der Waals surface area contributed by atoms with Crippen LogP contribution in [0.15, 0.2) is 23.9 Å². The number of carbonyl (C=O) groups excluding carboxylic acids is 3. The van der Waals surface area contributed by atoms with Gasteiger partial charge in [0.15, 0.2) is 11.5 Å². The first-order chi connectivity index (χ1) is 17.2. The lowest BCUT2D eigenvalue weighted by Gasteiger charge is -2.38. The fraction of sp³-hybridized carbons (Fsp3) is 0.522. The summed E-state index contributed by atoms with van der Waals surface area (Å²) >= 11 is 0. The predicted octanol–water partition coefficient (Wildman–Crippen LogP) is 0.140. The predicted molar refractivity (Wildman–Crippen MR) is 118 cm³/mol. The second-order valence-electron chi connectivity index (χ2n) is 8.27. The van der Waals surface area contributed by atoms with E-state index in [1.807, 2.05) is 0 Å². The maximum Gasteiger partial charge on any atom is 0.303 e. The van der Waals surface area contributed by atoms with Gasteiger partial charge in [0.1, 0.15) is 36.4 Å². The average Bonchev–Trinajstić information content (AvgIpc) is 3.23. The van der Waals surface area contributed by atoms with Crippen molar-refractivity contribution in [1.29, 1.82) is 0 Å². The van der Waals surface area contributed by atoms with Gasteiger partial charge in [0, 0.05) is 38.1 Å². The summed E-state index contributed by atoms with van der Waals surface area (Å²) in [5.74, 6) is -0.294. The lowest BCUT2D eigenvalue weighted by Crippen LogP contribution is -2.55. The van der Waals surface area contributed by atoms with E-state index in [0.717, 1.165) is 0 Å². The molecule has 3 heterocycles. The number of aliphatic hydroxyl groups is 1. The minimum absolute atomic E-state index is 0.0693. The number of benzene rings is 1. The number of carbonyl (C=O) groups is 3. The van der Waals surface area contributed by atoms with E-state index in [9.17, 15) is 19.5 Å². The first-order valence-electron chi connectivity index (χ1n) is 11.2. The van der Waals surface area contributed by atoms with Crippen molar-refractivity contribution in [3.63, 3.8) is 0 Å². The maximum absolute atomic E-state index is 12.7. The van der Waals surface area contributed by atoms with Crippen LogP contribution in [0.25, 0.3) is 0 Å². The molecule has 13 nitrogen and oxygen atoms in total. The molecular formula is C23H28N2O11. The topological polar surface area (TPSA) is 151 Å². The Morgan fingerprint density at radius 3 is 2.64 bits per heavy atom. The van der Waals surface area contributed by atoms with E-state index >= 15 is 0 Å². The minimum Gasteiger partial charge on any atom is -0.497 e. The summed E-state index contributed by atoms with van der Waals surface area (Å²) in [6.45, 7) is 2.47. The van der Waals surface area contributed by atoms with Gasteiger partial charge in [0.25, 0.3) is 5.91 Å². The van der Waals surface area contributed by atoms with Gasteiger partial charge >= 0.3 is 11.9 Å². The number of hydrogen-bond acceptors (Lipinski definition) is 12. The second-order valence-corrected chi connectivity index (χ2v) is 8.27. The minimum atomic E-state index is -1.44. The van der Waals surface area contributed by atoms with Crippen molar-refractivity contribution in [3.05, 3.63) is 29.5 Å². The lowest BCUT2D eigenvalue weighted by molar-refractivity contribution is -0.163. The highest BCUT2D eigenvalue weighted by molar-refractivity contribution is 5.95. The zero-order valence-electron chi connectivity index (χ0n) is 20.2. The molecule has 3 unspecified atom stereocenters. The Hall–Kier alpha value is -3.55. The number of esters is 2. The summed E-state index contributed by atoms with van der Waals surface area (Å²) in [5, 5.41) is 13.0. The molecule has 2 N–H and O–H groups in total. The third-order valence-corrected chi connectivity index (χ3v) is 5.80. The molecule has 1 saturated heterocycles. The normalized spacial score (nSPS) is 27.2. The van der Waals surface area contributed by atoms with Crippen molar-refractivity contribution in [1.82, 2.24) is 10.2 Å². The van der Waals surface area contributed by atoms with Crippen molar-refractivity contribution in [2.24, 2.45) is 0 Å². The molecule has 1 aromatic carbocycles. The van der Waals surface area contributed by atoms with Crippen molar-refractivity contribution >= 4 is 17.8 Å². The summed E-state index contributed by atoms with van der Waals surface area (Å²) in [4.78, 5) is 36.9. The smallest absolute Gasteiger partial charge is 0.303 e. The highest BCUT2D eigenvalue weighted by atomic mass is 16.7. The standard InChI is InChI=1S/C23H28N2O11/c1-11(26)32-10-18-16(34-12(2)27)7-19(35-18)25-8-15(21(28)24-23(25)29)22-33-9-13-5-14(30-3)6-17(31-4)20(13)36-22/h5-6,8,16,18-19,22-23,29H,7,9-10H2,1-4H3,(H,24,28)/t16?,18-,19-,22?,23?/m1/s1. The van der Waals surface area contributed by atoms with Crippen LogP contribution in [0, 0.1) is 0 Å². The van der Waals surface area contributed by atoms with E-state index in [0.29, 0.717) is 22.8 Å². The largest absolute Gasteiger partial charge is 0.497 e. The monoisotopic (exact) mass is 508 g/mol. The van der Waals surface area contributed by atoms with Crippen LogP contribution in [0.4, 0.5) is 0 Å². The van der Waals surface area contributed by atoms with E-state index in [1.165, 1.54) is 39.2 Å². The third-order valence-electron chi connectivity index (χ3n) is 5.80. The number of ether oxygens (including phenoxy) is 7. The zero-order valence-corrected chi connectivity index (χ0v) is 20.2. The number of hydrogen-bond donors (Lipinski definition) is 2. The van der Waals surface area contributed by atoms with Gasteiger partial charge in [0.05, 0.1) is 20.8 Å². The third kappa shape index (κ3) is 5.32. The maximum atomic E-state index is 12.7. The van der Waals surface area contributed by atoms with Crippen LogP contribution in [0.1, 0.15) is 25.8 Å². The first-order valence-corrected chi connectivity index (χ1v) is 11.2. The van der Waals surface area contributed by atoms with E-state index < -0.39 is 48.9 Å². The molecule has 3 aliphatic heterocycles. The van der Waals surface area contributed by atoms with Crippen LogP contribution in [0.3, 0.4) is 0 Å². The molecule has 0 radical (unpaired) electrons. The van der Waals surface area contributed by atoms with Gasteiger partial charge in [-0.3, -0.25) is 14.4 Å². The lowest BCUT2D eigenvalue weighted by atomic mass is 10.1. The first kappa shape index (κ1) is 25.5. The van der Waals surface area contributed by atoms with Gasteiger partial charge in [0.2, 0.25) is 12.6 Å². The summed E-state index contributed by atoms with van der Waals surface area (Å²) in [7, 11) is 3.01. The van der Waals surface area contributed by atoms with Crippen LogP contribution < -0.4 is 19.5 Å². The summed E-state index contributed by atoms with van der Waals surface area (Å²) in [6, 6.07) is 3.39. The van der Waals surface area contributed by atoms with Gasteiger partial charge in [-0.2, -0.15) is 0 Å². The molecule has 1 amide bonds. The van der Waals surface area contributed by atoms with E-state index in [1.54, 1.807) is 12.1 Å². The molecule has 4 rings (SSSR count). The summed E-state index contributed by atoms with van der Waals surface area (Å²) < 4.78 is 38.7. The molecule has 1 fully saturated rings. The Labute approximate surface area is 206 Å². The molecule has 0 saturated carbocycles. The number of methoxy groups -OCH3 is 2. The Balaban J connectivity index is 1.56. The summed E-state index contributed by atoms with van der Waals surface area (Å²) in [6.07, 6.45) is -3.36. The molecule has 0 aliphatic carbocycles. The molecule has 0 bridgehead atoms. The number of fused-ring (bicyclic) bond motifs is 1. The Morgan fingerprint density at radius 1 is 1.19 bits per heavy atom. The molecule has 196 valence electrons. The number of rotatable bonds is 7. The van der Waals surface area contributed by atoms with Gasteiger partial charge in [-0.1, -0.05) is 0 Å². The molecule has 13 heteroatoms. The molecule has 0 aromatic heterocycles. The van der Waals surface area contributed by atoms with Crippen molar-refractivity contribution < 1.29 is 52.6 Å². The molecule has 36 heavy (non-hydrogen) atoms. The molecule has 0 spiro atoms. The van der Waals surface area contributed by atoms with Crippen molar-refractivity contribution in [2.45, 2.75) is 58.0 Å². The van der Waals surface area contributed by atoms with Gasteiger partial charge in [-0.15, -0.1) is 0 Å². The van der Waals surface area contributed by atoms with Crippen LogP contribution in [0.5, 0.6) is 17.2 Å². The van der Waals surface area contributed by atoms with Gasteiger partial charge in [-0.25, -0.2) is 0 Å². The molecular weight excluding hydrogens is 480 g/mol. The van der Waals surface area contributed by atoms with Crippen LogP contribution >= 0.6 is 0 Å². The van der Waals surface area contributed by atoms with Crippen molar-refractivity contribution in [3.8, 4) is 17.2 Å². The number of nitrogens with one attached hydrogen (secondary N) is 1. The number of nitrogens with zero attached hydrogens (tertiary/aromatic N) is 1. The van der Waals surface area contributed by atoms with Gasteiger partial charge < -0.3 is 48.5 Å². The Morgan fingerprint density at radius 2 is 1.97 bits per heavy atom. The van der Waals surface area contributed by atoms with Crippen LogP contribution in [-0.4, -0.2) is 79.8 Å². The van der Waals surface area contributed by atoms with Crippen LogP contribution in [0.2, 0.25) is 0 Å². The van der Waals surface area contributed by atoms with Gasteiger partial charge in [-0.05, 0) is 6.07 Å². The highest BCUT2D eigenvalue weighted by Crippen LogP contribution is 2.41. The molecule has 1 aromatic rings. The Kier molecular flexibility index (Phi) is 7.52. The average molecular weight is 508 g/mol. The van der Waals surface area contributed by atoms with E-state index in [-0.39, 0.29) is 25.2 Å². The second kappa shape index (κ2) is 10.6. The zero-order chi connectivity index (χ0) is 26.0. The molecule has 3 aliphatic rings. The quantitative estimate of drug-likeness (QED) is 0.482. The number of aliphatic hydroxyl groups excluding tert-OH is 1. The number of amides is 1. The fourth-order valence-corrected chi connectivity index (χ4v) is 4.15. The van der Waals surface area contributed by atoms with E-state index in [2.05, 4.69) is 5.32 Å². The highest BCUT2D eigenvalue weighted by Gasteiger charge is 2.44. The SMILES string of the molecule is COc1cc2c(c(OC)c1)OC(C1=CN([C@H]3CC(OC(C)=O)[C@@H](COC(C)=O)O3)C(O)NC1=O)OC2. The van der Waals surface area contributed by atoms with Crippen molar-refractivity contribution in [2.75, 3.05) is 20.8 Å². The van der Waals surface area contributed by atoms with E-state index in [4.69, 9.17) is 33.2 Å². The van der Waals surface area contributed by atoms with Crippen LogP contribution in [-0.2, 0) is 39.9 Å². The fourth-order valence-electron chi connectivity index (χ4n) is 4.15. The Bertz CT molecular complexity index is 1040. The summed E-state index contributed by atoms with van der Waals surface area (Å²) in [5.41, 5.74) is 0.743. The molecule has 5 atom stereocenters.